The first-order valence-electron chi connectivity index (χ1n) is 12.0. The van der Waals surface area contributed by atoms with Crippen LogP contribution in [0.15, 0.2) is 54.9 Å². The molecule has 1 heterocycles. The number of aryl methyl sites for hydroxylation is 2. The summed E-state index contributed by atoms with van der Waals surface area (Å²) in [6.07, 6.45) is 13.7. The van der Waals surface area contributed by atoms with Crippen LogP contribution in [0, 0.1) is 5.82 Å². The van der Waals surface area contributed by atoms with Crippen LogP contribution in [-0.2, 0) is 12.8 Å². The third kappa shape index (κ3) is 7.48. The van der Waals surface area contributed by atoms with Crippen molar-refractivity contribution in [2.75, 3.05) is 0 Å². The van der Waals surface area contributed by atoms with Crippen LogP contribution >= 0.6 is 0 Å². The molecule has 0 unspecified atom stereocenters. The van der Waals surface area contributed by atoms with E-state index in [-0.39, 0.29) is 11.3 Å². The standard InChI is InChI=1S/C28H33FN2O2/c1-3-5-7-8-9-11-22-19-30-27(31-20-22)25-17-16-24(18-26(25)29)33-28(32)23-14-12-21(13-15-23)10-6-4-2/h12-20H,3-11H2,1-2H3. The lowest BCUT2D eigenvalue weighted by Gasteiger charge is -2.08. The van der Waals surface area contributed by atoms with E-state index in [2.05, 4.69) is 23.8 Å². The molecular weight excluding hydrogens is 415 g/mol. The van der Waals surface area contributed by atoms with Crippen LogP contribution in [0.4, 0.5) is 4.39 Å². The Morgan fingerprint density at radius 1 is 0.818 bits per heavy atom. The van der Waals surface area contributed by atoms with Gasteiger partial charge in [-0.15, -0.1) is 0 Å². The number of nitrogens with zero attached hydrogens (tertiary/aromatic N) is 2. The fraction of sp³-hybridized carbons (Fsp3) is 0.393. The van der Waals surface area contributed by atoms with E-state index in [1.54, 1.807) is 36.7 Å². The number of unbranched alkanes of at least 4 members (excludes halogenated alkanes) is 5. The molecule has 3 aromatic rings. The monoisotopic (exact) mass is 448 g/mol. The molecule has 174 valence electrons. The van der Waals surface area contributed by atoms with Crippen molar-refractivity contribution in [2.45, 2.75) is 71.6 Å². The van der Waals surface area contributed by atoms with Crippen molar-refractivity contribution < 1.29 is 13.9 Å². The molecule has 4 nitrogen and oxygen atoms in total. The number of benzene rings is 2. The SMILES string of the molecule is CCCCCCCc1cnc(-c2ccc(OC(=O)c3ccc(CCCC)cc3)cc2F)nc1. The lowest BCUT2D eigenvalue weighted by atomic mass is 10.1. The number of aromatic nitrogens is 2. The van der Waals surface area contributed by atoms with Gasteiger partial charge >= 0.3 is 5.97 Å². The number of esters is 1. The number of ether oxygens (including phenoxy) is 1. The Morgan fingerprint density at radius 2 is 1.48 bits per heavy atom. The minimum Gasteiger partial charge on any atom is -0.423 e. The molecule has 0 atom stereocenters. The second kappa shape index (κ2) is 12.8. The number of hydrogen-bond acceptors (Lipinski definition) is 4. The first-order valence-corrected chi connectivity index (χ1v) is 12.0. The summed E-state index contributed by atoms with van der Waals surface area (Å²) in [4.78, 5) is 21.1. The molecule has 0 aliphatic rings. The van der Waals surface area contributed by atoms with Gasteiger partial charge in [0.15, 0.2) is 5.82 Å². The predicted molar refractivity (Wildman–Crippen MR) is 130 cm³/mol. The molecular formula is C28H33FN2O2. The molecule has 0 saturated heterocycles. The highest BCUT2D eigenvalue weighted by Gasteiger charge is 2.13. The minimum absolute atomic E-state index is 0.153. The Morgan fingerprint density at radius 3 is 2.15 bits per heavy atom. The van der Waals surface area contributed by atoms with Gasteiger partial charge in [-0.2, -0.15) is 0 Å². The van der Waals surface area contributed by atoms with Gasteiger partial charge in [0.05, 0.1) is 11.1 Å². The molecule has 2 aromatic carbocycles. The summed E-state index contributed by atoms with van der Waals surface area (Å²) in [7, 11) is 0. The molecule has 3 rings (SSSR count). The van der Waals surface area contributed by atoms with Crippen LogP contribution in [0.3, 0.4) is 0 Å². The van der Waals surface area contributed by atoms with E-state index < -0.39 is 11.8 Å². The van der Waals surface area contributed by atoms with Crippen molar-refractivity contribution in [3.63, 3.8) is 0 Å². The highest BCUT2D eigenvalue weighted by molar-refractivity contribution is 5.91. The average Bonchev–Trinajstić information content (AvgIpc) is 2.83. The molecule has 0 aliphatic heterocycles. The maximum Gasteiger partial charge on any atom is 0.343 e. The zero-order valence-electron chi connectivity index (χ0n) is 19.6. The van der Waals surface area contributed by atoms with Gasteiger partial charge in [-0.05, 0) is 61.1 Å². The van der Waals surface area contributed by atoms with Gasteiger partial charge in [0.1, 0.15) is 11.6 Å². The van der Waals surface area contributed by atoms with Gasteiger partial charge in [-0.25, -0.2) is 19.2 Å². The number of halogens is 1. The van der Waals surface area contributed by atoms with Gasteiger partial charge in [-0.3, -0.25) is 0 Å². The normalized spacial score (nSPS) is 10.9. The number of rotatable bonds is 12. The van der Waals surface area contributed by atoms with Crippen molar-refractivity contribution >= 4 is 5.97 Å². The summed E-state index contributed by atoms with van der Waals surface area (Å²) in [6.45, 7) is 4.35. The average molecular weight is 449 g/mol. The van der Waals surface area contributed by atoms with Crippen LogP contribution in [0.5, 0.6) is 5.75 Å². The second-order valence-electron chi connectivity index (χ2n) is 8.41. The lowest BCUT2D eigenvalue weighted by Crippen LogP contribution is -2.08. The Bertz CT molecular complexity index is 1020. The van der Waals surface area contributed by atoms with Crippen LogP contribution in [0.2, 0.25) is 0 Å². The summed E-state index contributed by atoms with van der Waals surface area (Å²) >= 11 is 0. The first kappa shape index (κ1) is 24.6. The molecule has 0 saturated carbocycles. The van der Waals surface area contributed by atoms with Crippen LogP contribution in [0.1, 0.15) is 80.3 Å². The molecule has 0 aliphatic carbocycles. The molecule has 5 heteroatoms. The van der Waals surface area contributed by atoms with E-state index in [9.17, 15) is 9.18 Å². The number of carbonyl (C=O) groups is 1. The zero-order valence-corrected chi connectivity index (χ0v) is 19.6. The number of hydrogen-bond donors (Lipinski definition) is 0. The van der Waals surface area contributed by atoms with Gasteiger partial charge in [0.25, 0.3) is 0 Å². The molecule has 0 N–H and O–H groups in total. The molecule has 0 bridgehead atoms. The topological polar surface area (TPSA) is 52.1 Å². The van der Waals surface area contributed by atoms with Crippen molar-refractivity contribution in [3.8, 4) is 17.1 Å². The van der Waals surface area contributed by atoms with E-state index in [0.29, 0.717) is 11.4 Å². The molecule has 33 heavy (non-hydrogen) atoms. The van der Waals surface area contributed by atoms with Crippen molar-refractivity contribution in [1.82, 2.24) is 9.97 Å². The van der Waals surface area contributed by atoms with E-state index in [4.69, 9.17) is 4.74 Å². The Hall–Kier alpha value is -3.08. The smallest absolute Gasteiger partial charge is 0.343 e. The molecule has 0 spiro atoms. The molecule has 0 amide bonds. The highest BCUT2D eigenvalue weighted by Crippen LogP contribution is 2.24. The quantitative estimate of drug-likeness (QED) is 0.165. The van der Waals surface area contributed by atoms with Crippen LogP contribution in [-0.4, -0.2) is 15.9 Å². The Balaban J connectivity index is 1.58. The van der Waals surface area contributed by atoms with Crippen LogP contribution < -0.4 is 4.74 Å². The zero-order chi connectivity index (χ0) is 23.5. The highest BCUT2D eigenvalue weighted by atomic mass is 19.1. The van der Waals surface area contributed by atoms with Gasteiger partial charge in [-0.1, -0.05) is 58.1 Å². The second-order valence-corrected chi connectivity index (χ2v) is 8.41. The summed E-state index contributed by atoms with van der Waals surface area (Å²) in [5.74, 6) is -0.561. The van der Waals surface area contributed by atoms with Gasteiger partial charge in [0.2, 0.25) is 0 Å². The van der Waals surface area contributed by atoms with Crippen LogP contribution in [0.25, 0.3) is 11.4 Å². The fourth-order valence-corrected chi connectivity index (χ4v) is 3.65. The fourth-order valence-electron chi connectivity index (χ4n) is 3.65. The molecule has 1 aromatic heterocycles. The lowest BCUT2D eigenvalue weighted by molar-refractivity contribution is 0.0734. The third-order valence-electron chi connectivity index (χ3n) is 5.67. The summed E-state index contributed by atoms with van der Waals surface area (Å²) < 4.78 is 20.1. The predicted octanol–water partition coefficient (Wildman–Crippen LogP) is 7.36. The van der Waals surface area contributed by atoms with Crippen molar-refractivity contribution in [1.29, 1.82) is 0 Å². The summed E-state index contributed by atoms with van der Waals surface area (Å²) in [5.41, 5.74) is 2.96. The van der Waals surface area contributed by atoms with Gasteiger partial charge in [0, 0.05) is 18.5 Å². The van der Waals surface area contributed by atoms with E-state index >= 15 is 0 Å². The van der Waals surface area contributed by atoms with E-state index in [1.807, 2.05) is 12.1 Å². The maximum absolute atomic E-state index is 14.7. The van der Waals surface area contributed by atoms with Crippen molar-refractivity contribution in [3.05, 3.63) is 77.4 Å². The molecule has 0 fully saturated rings. The summed E-state index contributed by atoms with van der Waals surface area (Å²) in [5, 5.41) is 0. The number of carbonyl (C=O) groups excluding carboxylic acids is 1. The van der Waals surface area contributed by atoms with E-state index in [0.717, 1.165) is 37.7 Å². The van der Waals surface area contributed by atoms with Gasteiger partial charge < -0.3 is 4.74 Å². The van der Waals surface area contributed by atoms with Crippen molar-refractivity contribution in [2.24, 2.45) is 0 Å². The van der Waals surface area contributed by atoms with E-state index in [1.165, 1.54) is 37.3 Å². The third-order valence-corrected chi connectivity index (χ3v) is 5.67. The molecule has 0 radical (unpaired) electrons. The maximum atomic E-state index is 14.7. The summed E-state index contributed by atoms with van der Waals surface area (Å²) in [6, 6.07) is 11.7. The minimum atomic E-state index is -0.525. The first-order chi connectivity index (χ1) is 16.1. The Kier molecular flexibility index (Phi) is 9.55. The largest absolute Gasteiger partial charge is 0.423 e. The Labute approximate surface area is 196 Å².